The Labute approximate surface area is 127 Å². The van der Waals surface area contributed by atoms with Gasteiger partial charge >= 0.3 is 0 Å². The van der Waals surface area contributed by atoms with Gasteiger partial charge in [-0.15, -0.1) is 23.1 Å². The van der Waals surface area contributed by atoms with Crippen LogP contribution < -0.4 is 5.32 Å². The molecule has 1 aromatic rings. The lowest BCUT2D eigenvalue weighted by molar-refractivity contribution is -0.118. The molecule has 0 saturated carbocycles. The molecule has 0 saturated heterocycles. The average Bonchev–Trinajstić information content (AvgIpc) is 2.79. The first-order valence-electron chi connectivity index (χ1n) is 6.42. The van der Waals surface area contributed by atoms with E-state index in [0.717, 1.165) is 42.3 Å². The maximum absolute atomic E-state index is 11.5. The molecule has 3 nitrogen and oxygen atoms in total. The number of thioether (sulfide) groups is 1. The predicted octanol–water partition coefficient (Wildman–Crippen LogP) is 3.30. The summed E-state index contributed by atoms with van der Waals surface area (Å²) in [5, 5.41) is 11.5. The lowest BCUT2D eigenvalue weighted by atomic mass is 10.2. The number of carbonyl (C=O) groups excluding carboxylic acids is 1. The topological polar surface area (TPSA) is 49.3 Å². The summed E-state index contributed by atoms with van der Waals surface area (Å²) in [6.07, 6.45) is 3.92. The summed E-state index contributed by atoms with van der Waals surface area (Å²) in [5.41, 5.74) is 0. The van der Waals surface area contributed by atoms with Crippen LogP contribution in [0.4, 0.5) is 0 Å². The molecule has 0 spiro atoms. The first-order valence-corrected chi connectivity index (χ1v) is 8.77. The SMILES string of the molecule is O=C(CSCc1ccc(Cl)s1)NCCCCCCO. The van der Waals surface area contributed by atoms with E-state index < -0.39 is 0 Å². The number of unbranched alkanes of at least 4 members (excludes halogenated alkanes) is 3. The molecule has 1 heterocycles. The lowest BCUT2D eigenvalue weighted by Crippen LogP contribution is -2.26. The van der Waals surface area contributed by atoms with Crippen molar-refractivity contribution in [3.63, 3.8) is 0 Å². The van der Waals surface area contributed by atoms with Crippen molar-refractivity contribution in [3.8, 4) is 0 Å². The number of hydrogen-bond acceptors (Lipinski definition) is 4. The van der Waals surface area contributed by atoms with Crippen molar-refractivity contribution in [2.75, 3.05) is 18.9 Å². The zero-order chi connectivity index (χ0) is 13.9. The second kappa shape index (κ2) is 10.5. The van der Waals surface area contributed by atoms with Crippen LogP contribution in [0.15, 0.2) is 12.1 Å². The molecule has 0 aliphatic carbocycles. The third-order valence-electron chi connectivity index (χ3n) is 2.51. The van der Waals surface area contributed by atoms with Gasteiger partial charge in [-0.3, -0.25) is 4.79 Å². The molecule has 0 bridgehead atoms. The zero-order valence-corrected chi connectivity index (χ0v) is 13.3. The Morgan fingerprint density at radius 1 is 1.32 bits per heavy atom. The molecule has 1 amide bonds. The van der Waals surface area contributed by atoms with Gasteiger partial charge in [0.15, 0.2) is 0 Å². The normalized spacial score (nSPS) is 10.6. The molecule has 0 aliphatic rings. The number of thiophene rings is 1. The van der Waals surface area contributed by atoms with Crippen LogP contribution in [0, 0.1) is 0 Å². The maximum Gasteiger partial charge on any atom is 0.230 e. The van der Waals surface area contributed by atoms with E-state index in [1.54, 1.807) is 23.1 Å². The van der Waals surface area contributed by atoms with Gasteiger partial charge < -0.3 is 10.4 Å². The van der Waals surface area contributed by atoms with Crippen LogP contribution in [0.25, 0.3) is 0 Å². The van der Waals surface area contributed by atoms with Gasteiger partial charge in [0.25, 0.3) is 0 Å². The third kappa shape index (κ3) is 8.52. The Bertz CT molecular complexity index is 371. The van der Waals surface area contributed by atoms with E-state index in [9.17, 15) is 4.79 Å². The zero-order valence-electron chi connectivity index (χ0n) is 10.9. The van der Waals surface area contributed by atoms with Crippen molar-refractivity contribution in [2.45, 2.75) is 31.4 Å². The molecule has 0 atom stereocenters. The molecule has 0 aromatic carbocycles. The van der Waals surface area contributed by atoms with E-state index >= 15 is 0 Å². The summed E-state index contributed by atoms with van der Waals surface area (Å²) >= 11 is 9.00. The van der Waals surface area contributed by atoms with Crippen LogP contribution >= 0.6 is 34.7 Å². The third-order valence-corrected chi connectivity index (χ3v) is 4.91. The van der Waals surface area contributed by atoms with Crippen molar-refractivity contribution in [2.24, 2.45) is 0 Å². The number of rotatable bonds is 10. The minimum absolute atomic E-state index is 0.0924. The molecule has 1 rings (SSSR count). The highest BCUT2D eigenvalue weighted by atomic mass is 35.5. The van der Waals surface area contributed by atoms with Gasteiger partial charge in [-0.1, -0.05) is 24.4 Å². The first-order chi connectivity index (χ1) is 9.22. The van der Waals surface area contributed by atoms with E-state index in [0.29, 0.717) is 5.75 Å². The second-order valence-electron chi connectivity index (χ2n) is 4.19. The number of amides is 1. The molecular formula is C13H20ClNO2S2. The highest BCUT2D eigenvalue weighted by Crippen LogP contribution is 2.24. The minimum atomic E-state index is 0.0924. The van der Waals surface area contributed by atoms with Gasteiger partial charge in [-0.05, 0) is 25.0 Å². The molecule has 0 unspecified atom stereocenters. The number of aliphatic hydroxyl groups excluding tert-OH is 1. The van der Waals surface area contributed by atoms with Gasteiger partial charge in [0.2, 0.25) is 5.91 Å². The van der Waals surface area contributed by atoms with Crippen LogP contribution in [0.5, 0.6) is 0 Å². The van der Waals surface area contributed by atoms with Crippen molar-refractivity contribution in [1.82, 2.24) is 5.32 Å². The van der Waals surface area contributed by atoms with E-state index in [-0.39, 0.29) is 12.5 Å². The van der Waals surface area contributed by atoms with Crippen LogP contribution in [0.1, 0.15) is 30.6 Å². The van der Waals surface area contributed by atoms with E-state index in [2.05, 4.69) is 5.32 Å². The summed E-state index contributed by atoms with van der Waals surface area (Å²) in [5.74, 6) is 1.42. The number of nitrogens with one attached hydrogen (secondary N) is 1. The summed E-state index contributed by atoms with van der Waals surface area (Å²) in [7, 11) is 0. The van der Waals surface area contributed by atoms with Crippen molar-refractivity contribution in [3.05, 3.63) is 21.3 Å². The molecule has 0 aliphatic heterocycles. The average molecular weight is 322 g/mol. The van der Waals surface area contributed by atoms with Gasteiger partial charge in [0.05, 0.1) is 10.1 Å². The first kappa shape index (κ1) is 16.8. The second-order valence-corrected chi connectivity index (χ2v) is 6.97. The molecule has 2 N–H and O–H groups in total. The van der Waals surface area contributed by atoms with Crippen LogP contribution in [-0.2, 0) is 10.5 Å². The Kier molecular flexibility index (Phi) is 9.34. The van der Waals surface area contributed by atoms with Crippen molar-refractivity contribution in [1.29, 1.82) is 0 Å². The molecule has 0 radical (unpaired) electrons. The van der Waals surface area contributed by atoms with E-state index in [4.69, 9.17) is 16.7 Å². The number of aliphatic hydroxyl groups is 1. The quantitative estimate of drug-likeness (QED) is 0.650. The molecule has 1 aromatic heterocycles. The van der Waals surface area contributed by atoms with Crippen molar-refractivity contribution < 1.29 is 9.90 Å². The Hall–Kier alpha value is -0.230. The summed E-state index contributed by atoms with van der Waals surface area (Å²) < 4.78 is 0.794. The van der Waals surface area contributed by atoms with Gasteiger partial charge in [-0.25, -0.2) is 0 Å². The standard InChI is InChI=1S/C13H20ClNO2S2/c14-12-6-5-11(19-12)9-18-10-13(17)15-7-3-1-2-4-8-16/h5-6,16H,1-4,7-10H2,(H,15,17). The largest absolute Gasteiger partial charge is 0.396 e. The maximum atomic E-state index is 11.5. The number of carbonyl (C=O) groups is 1. The Morgan fingerprint density at radius 2 is 2.11 bits per heavy atom. The molecular weight excluding hydrogens is 302 g/mol. The molecule has 108 valence electrons. The fourth-order valence-corrected chi connectivity index (χ4v) is 3.60. The van der Waals surface area contributed by atoms with E-state index in [1.165, 1.54) is 4.88 Å². The summed E-state index contributed by atoms with van der Waals surface area (Å²) in [6, 6.07) is 3.88. The predicted molar refractivity (Wildman–Crippen MR) is 84.1 cm³/mol. The van der Waals surface area contributed by atoms with Crippen molar-refractivity contribution >= 4 is 40.6 Å². The van der Waals surface area contributed by atoms with Gasteiger partial charge in [0.1, 0.15) is 0 Å². The van der Waals surface area contributed by atoms with Gasteiger partial charge in [-0.2, -0.15) is 0 Å². The monoisotopic (exact) mass is 321 g/mol. The fraction of sp³-hybridized carbons (Fsp3) is 0.615. The summed E-state index contributed by atoms with van der Waals surface area (Å²) in [4.78, 5) is 12.7. The van der Waals surface area contributed by atoms with E-state index in [1.807, 2.05) is 12.1 Å². The molecule has 6 heteroatoms. The summed E-state index contributed by atoms with van der Waals surface area (Å²) in [6.45, 7) is 0.991. The number of hydrogen-bond donors (Lipinski definition) is 2. The van der Waals surface area contributed by atoms with Gasteiger partial charge in [0, 0.05) is 23.8 Å². The smallest absolute Gasteiger partial charge is 0.230 e. The van der Waals surface area contributed by atoms with Crippen LogP contribution in [0.2, 0.25) is 4.34 Å². The number of halogens is 1. The Morgan fingerprint density at radius 3 is 2.79 bits per heavy atom. The fourth-order valence-electron chi connectivity index (χ4n) is 1.54. The van der Waals surface area contributed by atoms with Crippen LogP contribution in [-0.4, -0.2) is 29.9 Å². The minimum Gasteiger partial charge on any atom is -0.396 e. The highest BCUT2D eigenvalue weighted by molar-refractivity contribution is 7.99. The Balaban J connectivity index is 1.96. The molecule has 0 fully saturated rings. The lowest BCUT2D eigenvalue weighted by Gasteiger charge is -2.04. The van der Waals surface area contributed by atoms with Crippen LogP contribution in [0.3, 0.4) is 0 Å². The highest BCUT2D eigenvalue weighted by Gasteiger charge is 2.03. The molecule has 19 heavy (non-hydrogen) atoms.